The summed E-state index contributed by atoms with van der Waals surface area (Å²) in [6.07, 6.45) is 4.26. The van der Waals surface area contributed by atoms with E-state index in [0.29, 0.717) is 5.56 Å². The van der Waals surface area contributed by atoms with Crippen LogP contribution in [0.25, 0.3) is 6.08 Å². The summed E-state index contributed by atoms with van der Waals surface area (Å²) in [5.41, 5.74) is 2.60. The molecule has 1 N–H and O–H groups in total. The summed E-state index contributed by atoms with van der Waals surface area (Å²) in [7, 11) is 0. The minimum atomic E-state index is -0.414. The second kappa shape index (κ2) is 7.04. The number of allylic oxidation sites excluding steroid dienone is 1. The Morgan fingerprint density at radius 3 is 2.00 bits per heavy atom. The van der Waals surface area contributed by atoms with E-state index in [1.165, 1.54) is 0 Å². The van der Waals surface area contributed by atoms with Crippen molar-refractivity contribution in [3.63, 3.8) is 0 Å². The van der Waals surface area contributed by atoms with Gasteiger partial charge in [-0.05, 0) is 42.5 Å². The molecule has 0 spiro atoms. The number of amides is 1. The minimum Gasteiger partial charge on any atom is -0.343 e. The van der Waals surface area contributed by atoms with Gasteiger partial charge in [0.1, 0.15) is 0 Å². The van der Waals surface area contributed by atoms with Crippen LogP contribution in [-0.4, -0.2) is 5.91 Å². The van der Waals surface area contributed by atoms with Gasteiger partial charge >= 0.3 is 0 Å². The van der Waals surface area contributed by atoms with Gasteiger partial charge in [0.25, 0.3) is 5.91 Å². The fraction of sp³-hybridized carbons (Fsp3) is 0.318. The maximum Gasteiger partial charge on any atom is 0.251 e. The zero-order chi connectivity index (χ0) is 17.8. The average molecular weight is 321 g/mol. The number of nitrogens with one attached hydrogen (secondary N) is 1. The van der Waals surface area contributed by atoms with Gasteiger partial charge in [0, 0.05) is 5.56 Å². The molecular weight excluding hydrogens is 294 g/mol. The molecule has 0 bridgehead atoms. The van der Waals surface area contributed by atoms with E-state index in [0.717, 1.165) is 11.1 Å². The molecular formula is C22H27NO. The molecule has 0 unspecified atom stereocenters. The molecule has 2 rings (SSSR count). The van der Waals surface area contributed by atoms with Crippen molar-refractivity contribution in [2.45, 2.75) is 40.2 Å². The highest BCUT2D eigenvalue weighted by atomic mass is 16.1. The molecule has 2 aromatic rings. The van der Waals surface area contributed by atoms with E-state index in [1.54, 1.807) is 0 Å². The van der Waals surface area contributed by atoms with Crippen LogP contribution in [0.5, 0.6) is 0 Å². The monoisotopic (exact) mass is 321 g/mol. The first-order valence-electron chi connectivity index (χ1n) is 8.35. The van der Waals surface area contributed by atoms with Gasteiger partial charge in [-0.15, -0.1) is 0 Å². The van der Waals surface area contributed by atoms with E-state index in [2.05, 4.69) is 38.2 Å². The highest BCUT2D eigenvalue weighted by Gasteiger charge is 2.23. The summed E-state index contributed by atoms with van der Waals surface area (Å²) in [6.45, 7) is 10.5. The SMILES string of the molecule is CC(C)(C)/C=C/c1ccc(C(=O)NC(C)(C)c2ccccc2)cc1. The van der Waals surface area contributed by atoms with Crippen LogP contribution >= 0.6 is 0 Å². The van der Waals surface area contributed by atoms with Crippen molar-refractivity contribution >= 4 is 12.0 Å². The van der Waals surface area contributed by atoms with Gasteiger partial charge in [0.15, 0.2) is 0 Å². The average Bonchev–Trinajstić information content (AvgIpc) is 2.53. The number of hydrogen-bond acceptors (Lipinski definition) is 1. The molecule has 126 valence electrons. The van der Waals surface area contributed by atoms with Gasteiger partial charge in [-0.1, -0.05) is 75.4 Å². The molecule has 0 saturated heterocycles. The molecule has 0 aliphatic rings. The van der Waals surface area contributed by atoms with Crippen LogP contribution in [-0.2, 0) is 5.54 Å². The summed E-state index contributed by atoms with van der Waals surface area (Å²) in [4.78, 5) is 12.5. The van der Waals surface area contributed by atoms with Crippen LogP contribution < -0.4 is 5.32 Å². The molecule has 0 atom stereocenters. The maximum atomic E-state index is 12.5. The van der Waals surface area contributed by atoms with E-state index in [1.807, 2.05) is 68.4 Å². The van der Waals surface area contributed by atoms with Crippen molar-refractivity contribution < 1.29 is 4.79 Å². The molecule has 0 heterocycles. The first-order valence-corrected chi connectivity index (χ1v) is 8.35. The number of carbonyl (C=O) groups is 1. The lowest BCUT2D eigenvalue weighted by Crippen LogP contribution is -2.40. The quantitative estimate of drug-likeness (QED) is 0.801. The zero-order valence-electron chi connectivity index (χ0n) is 15.3. The summed E-state index contributed by atoms with van der Waals surface area (Å²) in [5.74, 6) is -0.0600. The third-order valence-electron chi connectivity index (χ3n) is 3.87. The standard InChI is InChI=1S/C22H27NO/c1-21(2,3)16-15-17-11-13-18(14-12-17)20(24)23-22(4,5)19-9-7-6-8-10-19/h6-16H,1-5H3,(H,23,24)/b16-15+. The minimum absolute atomic E-state index is 0.0600. The second-order valence-corrected chi connectivity index (χ2v) is 7.77. The molecule has 1 amide bonds. The Morgan fingerprint density at radius 1 is 0.875 bits per heavy atom. The molecule has 2 heteroatoms. The molecule has 0 aliphatic heterocycles. The van der Waals surface area contributed by atoms with Gasteiger partial charge in [-0.2, -0.15) is 0 Å². The zero-order valence-corrected chi connectivity index (χ0v) is 15.3. The lowest BCUT2D eigenvalue weighted by atomic mass is 9.93. The largest absolute Gasteiger partial charge is 0.343 e. The smallest absolute Gasteiger partial charge is 0.251 e. The molecule has 0 fully saturated rings. The second-order valence-electron chi connectivity index (χ2n) is 7.77. The van der Waals surface area contributed by atoms with Crippen LogP contribution in [0.15, 0.2) is 60.7 Å². The van der Waals surface area contributed by atoms with Gasteiger partial charge in [0.2, 0.25) is 0 Å². The van der Waals surface area contributed by atoms with Crippen LogP contribution in [0.3, 0.4) is 0 Å². The number of carbonyl (C=O) groups excluding carboxylic acids is 1. The summed E-state index contributed by atoms with van der Waals surface area (Å²) in [6, 6.07) is 17.7. The van der Waals surface area contributed by atoms with Gasteiger partial charge in [-0.3, -0.25) is 4.79 Å². The van der Waals surface area contributed by atoms with Crippen molar-refractivity contribution in [2.24, 2.45) is 5.41 Å². The summed E-state index contributed by atoms with van der Waals surface area (Å²) >= 11 is 0. The lowest BCUT2D eigenvalue weighted by molar-refractivity contribution is 0.0912. The van der Waals surface area contributed by atoms with E-state index < -0.39 is 5.54 Å². The first kappa shape index (κ1) is 18.0. The Hall–Kier alpha value is -2.35. The van der Waals surface area contributed by atoms with Crippen LogP contribution in [0.4, 0.5) is 0 Å². The molecule has 24 heavy (non-hydrogen) atoms. The molecule has 0 radical (unpaired) electrons. The highest BCUT2D eigenvalue weighted by molar-refractivity contribution is 5.94. The summed E-state index contributed by atoms with van der Waals surface area (Å²) in [5, 5.41) is 3.11. The van der Waals surface area contributed by atoms with Gasteiger partial charge in [-0.25, -0.2) is 0 Å². The van der Waals surface area contributed by atoms with E-state index in [9.17, 15) is 4.79 Å². The Balaban J connectivity index is 2.09. The third kappa shape index (κ3) is 5.09. The molecule has 2 aromatic carbocycles. The van der Waals surface area contributed by atoms with Crippen LogP contribution in [0.1, 0.15) is 56.1 Å². The summed E-state index contributed by atoms with van der Waals surface area (Å²) < 4.78 is 0. The fourth-order valence-electron chi connectivity index (χ4n) is 2.37. The Morgan fingerprint density at radius 2 is 1.46 bits per heavy atom. The lowest BCUT2D eigenvalue weighted by Gasteiger charge is -2.27. The van der Waals surface area contributed by atoms with Crippen LogP contribution in [0, 0.1) is 5.41 Å². The van der Waals surface area contributed by atoms with Crippen molar-refractivity contribution in [3.05, 3.63) is 77.4 Å². The molecule has 0 aliphatic carbocycles. The van der Waals surface area contributed by atoms with E-state index in [4.69, 9.17) is 0 Å². The highest BCUT2D eigenvalue weighted by Crippen LogP contribution is 2.21. The normalized spacial score (nSPS) is 12.4. The van der Waals surface area contributed by atoms with Crippen molar-refractivity contribution in [3.8, 4) is 0 Å². The molecule has 0 saturated carbocycles. The van der Waals surface area contributed by atoms with Crippen molar-refractivity contribution in [1.82, 2.24) is 5.32 Å². The molecule has 2 nitrogen and oxygen atoms in total. The van der Waals surface area contributed by atoms with Crippen LogP contribution in [0.2, 0.25) is 0 Å². The Bertz CT molecular complexity index is 704. The first-order chi connectivity index (χ1) is 11.2. The molecule has 0 aromatic heterocycles. The van der Waals surface area contributed by atoms with E-state index >= 15 is 0 Å². The predicted molar refractivity (Wildman–Crippen MR) is 102 cm³/mol. The Kier molecular flexibility index (Phi) is 5.28. The van der Waals surface area contributed by atoms with Gasteiger partial charge in [0.05, 0.1) is 5.54 Å². The Labute approximate surface area is 145 Å². The number of hydrogen-bond donors (Lipinski definition) is 1. The van der Waals surface area contributed by atoms with Crippen molar-refractivity contribution in [2.75, 3.05) is 0 Å². The topological polar surface area (TPSA) is 29.1 Å². The van der Waals surface area contributed by atoms with Crippen molar-refractivity contribution in [1.29, 1.82) is 0 Å². The predicted octanol–water partition coefficient (Wildman–Crippen LogP) is 5.41. The number of rotatable bonds is 4. The van der Waals surface area contributed by atoms with Gasteiger partial charge < -0.3 is 5.32 Å². The number of benzene rings is 2. The fourth-order valence-corrected chi connectivity index (χ4v) is 2.37. The third-order valence-corrected chi connectivity index (χ3v) is 3.87. The van der Waals surface area contributed by atoms with E-state index in [-0.39, 0.29) is 11.3 Å². The maximum absolute atomic E-state index is 12.5.